The Labute approximate surface area is 92.2 Å². The molecule has 0 aromatic heterocycles. The van der Waals surface area contributed by atoms with Gasteiger partial charge in [0.15, 0.2) is 4.67 Å². The van der Waals surface area contributed by atoms with Crippen molar-refractivity contribution < 1.29 is 4.74 Å². The van der Waals surface area contributed by atoms with Crippen LogP contribution in [0, 0.1) is 0 Å². The third-order valence-corrected chi connectivity index (χ3v) is 2.54. The van der Waals surface area contributed by atoms with E-state index in [9.17, 15) is 0 Å². The van der Waals surface area contributed by atoms with E-state index in [2.05, 4.69) is 41.1 Å². The fourth-order valence-electron chi connectivity index (χ4n) is 1.46. The number of allylic oxidation sites excluding steroid dienone is 2. The number of hydrogen-bond acceptors (Lipinski definition) is 1. The molecule has 2 heteroatoms. The average Bonchev–Trinajstić information content (AvgIpc) is 2.18. The summed E-state index contributed by atoms with van der Waals surface area (Å²) in [6.07, 6.45) is 4.12. The van der Waals surface area contributed by atoms with Gasteiger partial charge in [-0.2, -0.15) is 0 Å². The van der Waals surface area contributed by atoms with Crippen LogP contribution in [-0.2, 0) is 4.74 Å². The van der Waals surface area contributed by atoms with Crippen molar-refractivity contribution in [2.24, 2.45) is 0 Å². The van der Waals surface area contributed by atoms with E-state index in [1.54, 1.807) is 0 Å². The molecule has 1 atom stereocenters. The number of benzene rings is 1. The predicted molar refractivity (Wildman–Crippen MR) is 61.0 cm³/mol. The van der Waals surface area contributed by atoms with Crippen molar-refractivity contribution in [3.8, 4) is 0 Å². The molecule has 0 aliphatic carbocycles. The number of rotatable bonds is 1. The minimum Gasteiger partial charge on any atom is -0.475 e. The smallest absolute Gasteiger partial charge is 0.163 e. The summed E-state index contributed by atoms with van der Waals surface area (Å²) in [6.45, 7) is 2.07. The molecule has 0 saturated heterocycles. The van der Waals surface area contributed by atoms with Crippen LogP contribution in [0.5, 0.6) is 0 Å². The molecule has 1 aromatic carbocycles. The van der Waals surface area contributed by atoms with E-state index < -0.39 is 0 Å². The second-order valence-corrected chi connectivity index (χ2v) is 4.09. The summed E-state index contributed by atoms with van der Waals surface area (Å²) in [5.41, 5.74) is 2.40. The first kappa shape index (κ1) is 9.53. The van der Waals surface area contributed by atoms with Crippen molar-refractivity contribution in [3.05, 3.63) is 58.3 Å². The Kier molecular flexibility index (Phi) is 2.73. The summed E-state index contributed by atoms with van der Waals surface area (Å²) in [7, 11) is 0. The topological polar surface area (TPSA) is 9.23 Å². The van der Waals surface area contributed by atoms with E-state index in [-0.39, 0.29) is 6.10 Å². The Hall–Kier alpha value is -1.02. The second kappa shape index (κ2) is 4.01. The molecule has 1 unspecified atom stereocenters. The van der Waals surface area contributed by atoms with E-state index in [1.807, 2.05) is 24.3 Å². The SMILES string of the molecule is CC1=CC(c2ccccc2)OC(Br)=C1. The standard InChI is InChI=1S/C12H11BrO/c1-9-7-11(14-12(13)8-9)10-5-3-2-4-6-10/h2-8,11H,1H3. The molecule has 14 heavy (non-hydrogen) atoms. The van der Waals surface area contributed by atoms with Crippen LogP contribution in [0.25, 0.3) is 0 Å². The first-order valence-corrected chi connectivity index (χ1v) is 5.32. The monoisotopic (exact) mass is 250 g/mol. The van der Waals surface area contributed by atoms with Crippen molar-refractivity contribution in [1.29, 1.82) is 0 Å². The number of halogens is 1. The summed E-state index contributed by atoms with van der Waals surface area (Å²) in [6, 6.07) is 10.2. The van der Waals surface area contributed by atoms with Gasteiger partial charge in [0, 0.05) is 0 Å². The highest BCUT2D eigenvalue weighted by molar-refractivity contribution is 9.11. The zero-order valence-electron chi connectivity index (χ0n) is 7.91. The molecule has 1 aliphatic heterocycles. The highest BCUT2D eigenvalue weighted by Crippen LogP contribution is 2.30. The lowest BCUT2D eigenvalue weighted by atomic mass is 10.1. The van der Waals surface area contributed by atoms with Gasteiger partial charge in [-0.05, 0) is 46.1 Å². The van der Waals surface area contributed by atoms with Crippen LogP contribution < -0.4 is 0 Å². The summed E-state index contributed by atoms with van der Waals surface area (Å²) in [4.78, 5) is 0. The summed E-state index contributed by atoms with van der Waals surface area (Å²) < 4.78 is 6.44. The highest BCUT2D eigenvalue weighted by Gasteiger charge is 2.14. The lowest BCUT2D eigenvalue weighted by molar-refractivity contribution is 0.177. The van der Waals surface area contributed by atoms with Crippen molar-refractivity contribution in [1.82, 2.24) is 0 Å². The fourth-order valence-corrected chi connectivity index (χ4v) is 2.02. The van der Waals surface area contributed by atoms with Crippen LogP contribution in [0.1, 0.15) is 18.6 Å². The second-order valence-electron chi connectivity index (χ2n) is 3.31. The average molecular weight is 251 g/mol. The molecule has 1 aromatic rings. The third-order valence-electron chi connectivity index (χ3n) is 2.12. The van der Waals surface area contributed by atoms with Crippen LogP contribution in [0.3, 0.4) is 0 Å². The maximum Gasteiger partial charge on any atom is 0.163 e. The van der Waals surface area contributed by atoms with Gasteiger partial charge in [-0.25, -0.2) is 0 Å². The highest BCUT2D eigenvalue weighted by atomic mass is 79.9. The molecule has 1 aliphatic rings. The molecule has 0 radical (unpaired) electrons. The Balaban J connectivity index is 2.27. The molecule has 0 fully saturated rings. The predicted octanol–water partition coefficient (Wildman–Crippen LogP) is 3.94. The van der Waals surface area contributed by atoms with Crippen LogP contribution in [0.15, 0.2) is 52.7 Å². The van der Waals surface area contributed by atoms with Gasteiger partial charge in [0.05, 0.1) is 0 Å². The zero-order chi connectivity index (χ0) is 9.97. The van der Waals surface area contributed by atoms with Crippen LogP contribution in [0.4, 0.5) is 0 Å². The van der Waals surface area contributed by atoms with Crippen molar-refractivity contribution in [2.75, 3.05) is 0 Å². The van der Waals surface area contributed by atoms with Crippen molar-refractivity contribution in [3.63, 3.8) is 0 Å². The zero-order valence-corrected chi connectivity index (χ0v) is 9.49. The van der Waals surface area contributed by atoms with Gasteiger partial charge in [-0.3, -0.25) is 0 Å². The van der Waals surface area contributed by atoms with Gasteiger partial charge in [-0.15, -0.1) is 0 Å². The molecule has 0 N–H and O–H groups in total. The minimum absolute atomic E-state index is 0.0376. The normalized spacial score (nSPS) is 20.9. The van der Waals surface area contributed by atoms with Gasteiger partial charge < -0.3 is 4.74 Å². The van der Waals surface area contributed by atoms with Crippen LogP contribution in [-0.4, -0.2) is 0 Å². The van der Waals surface area contributed by atoms with Gasteiger partial charge in [0.2, 0.25) is 0 Å². The molecular formula is C12H11BrO. The Morgan fingerprint density at radius 2 is 1.93 bits per heavy atom. The van der Waals surface area contributed by atoms with Gasteiger partial charge in [-0.1, -0.05) is 30.3 Å². The Morgan fingerprint density at radius 1 is 1.21 bits per heavy atom. The molecular weight excluding hydrogens is 240 g/mol. The summed E-state index contributed by atoms with van der Waals surface area (Å²) in [5.74, 6) is 0. The van der Waals surface area contributed by atoms with E-state index in [4.69, 9.17) is 4.74 Å². The Morgan fingerprint density at radius 3 is 2.57 bits per heavy atom. The molecule has 0 bridgehead atoms. The number of hydrogen-bond donors (Lipinski definition) is 0. The van der Waals surface area contributed by atoms with Gasteiger partial charge in [0.1, 0.15) is 6.10 Å². The van der Waals surface area contributed by atoms with E-state index in [0.717, 1.165) is 4.67 Å². The quantitative estimate of drug-likeness (QED) is 0.734. The number of ether oxygens (including phenoxy) is 1. The molecule has 72 valence electrons. The maximum atomic E-state index is 5.64. The summed E-state index contributed by atoms with van der Waals surface area (Å²) >= 11 is 3.36. The molecule has 0 spiro atoms. The lowest BCUT2D eigenvalue weighted by Crippen LogP contribution is -2.03. The lowest BCUT2D eigenvalue weighted by Gasteiger charge is -2.19. The minimum atomic E-state index is 0.0376. The van der Waals surface area contributed by atoms with Gasteiger partial charge in [0.25, 0.3) is 0 Å². The van der Waals surface area contributed by atoms with E-state index >= 15 is 0 Å². The van der Waals surface area contributed by atoms with E-state index in [0.29, 0.717) is 0 Å². The summed E-state index contributed by atoms with van der Waals surface area (Å²) in [5, 5.41) is 0. The van der Waals surface area contributed by atoms with Crippen LogP contribution >= 0.6 is 15.9 Å². The maximum absolute atomic E-state index is 5.64. The van der Waals surface area contributed by atoms with Crippen LogP contribution in [0.2, 0.25) is 0 Å². The van der Waals surface area contributed by atoms with Gasteiger partial charge >= 0.3 is 0 Å². The molecule has 1 heterocycles. The van der Waals surface area contributed by atoms with Crippen molar-refractivity contribution >= 4 is 15.9 Å². The fraction of sp³-hybridized carbons (Fsp3) is 0.167. The molecule has 0 amide bonds. The first-order chi connectivity index (χ1) is 6.75. The van der Waals surface area contributed by atoms with E-state index in [1.165, 1.54) is 11.1 Å². The molecule has 2 rings (SSSR count). The molecule has 1 nitrogen and oxygen atoms in total. The Bertz CT molecular complexity index is 379. The largest absolute Gasteiger partial charge is 0.475 e. The first-order valence-electron chi connectivity index (χ1n) is 4.53. The van der Waals surface area contributed by atoms with Crippen molar-refractivity contribution in [2.45, 2.75) is 13.0 Å². The molecule has 0 saturated carbocycles. The third kappa shape index (κ3) is 2.07.